The Bertz CT molecular complexity index is 474. The van der Waals surface area contributed by atoms with Crippen LogP contribution in [0, 0.1) is 5.92 Å². The number of likely N-dealkylation sites (tertiary alicyclic amines) is 1. The molecule has 1 N–H and O–H groups in total. The van der Waals surface area contributed by atoms with Gasteiger partial charge in [0.2, 0.25) is 5.91 Å². The molecule has 0 radical (unpaired) electrons. The van der Waals surface area contributed by atoms with Gasteiger partial charge in [0.25, 0.3) is 0 Å². The number of carbonyl (C=O) groups is 1. The van der Waals surface area contributed by atoms with Gasteiger partial charge in [0, 0.05) is 18.5 Å². The summed E-state index contributed by atoms with van der Waals surface area (Å²) in [6.45, 7) is 0.960. The summed E-state index contributed by atoms with van der Waals surface area (Å²) in [6.07, 6.45) is 8.91. The van der Waals surface area contributed by atoms with Crippen molar-refractivity contribution in [2.45, 2.75) is 18.4 Å². The van der Waals surface area contributed by atoms with E-state index in [0.29, 0.717) is 19.0 Å². The maximum Gasteiger partial charge on any atom is 0.246 e. The fourth-order valence-electron chi connectivity index (χ4n) is 2.40. The zero-order chi connectivity index (χ0) is 12.6. The lowest BCUT2D eigenvalue weighted by Crippen LogP contribution is -2.64. The van der Waals surface area contributed by atoms with E-state index < -0.39 is 5.60 Å². The number of pyridine rings is 1. The minimum absolute atomic E-state index is 0.0378. The molecule has 0 atom stereocenters. The molecule has 1 saturated carbocycles. The first-order chi connectivity index (χ1) is 8.67. The van der Waals surface area contributed by atoms with Gasteiger partial charge < -0.3 is 10.0 Å². The smallest absolute Gasteiger partial charge is 0.246 e. The van der Waals surface area contributed by atoms with Gasteiger partial charge in [-0.3, -0.25) is 9.78 Å². The monoisotopic (exact) mass is 244 g/mol. The standard InChI is InChI=1S/C14H16N2O2/c17-13(6-3-11-2-1-7-15-8-11)16-9-14(18,10-16)12-4-5-12/h1-3,6-8,12,18H,4-5,9-10H2. The van der Waals surface area contributed by atoms with Crippen molar-refractivity contribution in [1.29, 1.82) is 0 Å². The molecule has 0 bridgehead atoms. The summed E-state index contributed by atoms with van der Waals surface area (Å²) >= 11 is 0. The molecule has 2 heterocycles. The summed E-state index contributed by atoms with van der Waals surface area (Å²) in [7, 11) is 0. The van der Waals surface area contributed by atoms with Crippen LogP contribution in [-0.4, -0.2) is 39.6 Å². The molecule has 0 unspecified atom stereocenters. The van der Waals surface area contributed by atoms with E-state index in [1.807, 2.05) is 12.1 Å². The highest BCUT2D eigenvalue weighted by Crippen LogP contribution is 2.44. The van der Waals surface area contributed by atoms with Crippen molar-refractivity contribution in [3.63, 3.8) is 0 Å². The minimum Gasteiger partial charge on any atom is -0.386 e. The first-order valence-corrected chi connectivity index (χ1v) is 6.27. The Morgan fingerprint density at radius 3 is 2.89 bits per heavy atom. The summed E-state index contributed by atoms with van der Waals surface area (Å²) in [6, 6.07) is 3.73. The highest BCUT2D eigenvalue weighted by molar-refractivity contribution is 5.92. The molecule has 1 aliphatic heterocycles. The molecular formula is C14H16N2O2. The number of aromatic nitrogens is 1. The molecule has 0 spiro atoms. The molecule has 4 nitrogen and oxygen atoms in total. The van der Waals surface area contributed by atoms with Gasteiger partial charge in [-0.05, 0) is 36.5 Å². The van der Waals surface area contributed by atoms with Crippen LogP contribution < -0.4 is 0 Å². The van der Waals surface area contributed by atoms with E-state index in [-0.39, 0.29) is 5.91 Å². The largest absolute Gasteiger partial charge is 0.386 e. The van der Waals surface area contributed by atoms with Crippen molar-refractivity contribution in [2.24, 2.45) is 5.92 Å². The predicted octanol–water partition coefficient (Wildman–Crippen LogP) is 1.08. The van der Waals surface area contributed by atoms with Gasteiger partial charge in [-0.1, -0.05) is 6.07 Å². The van der Waals surface area contributed by atoms with Crippen molar-refractivity contribution < 1.29 is 9.90 Å². The van der Waals surface area contributed by atoms with Crippen molar-refractivity contribution >= 4 is 12.0 Å². The Labute approximate surface area is 106 Å². The maximum atomic E-state index is 11.8. The fraction of sp³-hybridized carbons (Fsp3) is 0.429. The van der Waals surface area contributed by atoms with Crippen molar-refractivity contribution in [3.8, 4) is 0 Å². The van der Waals surface area contributed by atoms with Crippen LogP contribution in [0.2, 0.25) is 0 Å². The molecule has 0 aromatic carbocycles. The molecule has 1 saturated heterocycles. The van der Waals surface area contributed by atoms with Crippen LogP contribution in [0.4, 0.5) is 0 Å². The Morgan fingerprint density at radius 1 is 1.50 bits per heavy atom. The Balaban J connectivity index is 1.55. The molecule has 1 aliphatic carbocycles. The molecule has 18 heavy (non-hydrogen) atoms. The number of hydrogen-bond acceptors (Lipinski definition) is 3. The van der Waals surface area contributed by atoms with Gasteiger partial charge in [-0.25, -0.2) is 0 Å². The third kappa shape index (κ3) is 2.16. The van der Waals surface area contributed by atoms with E-state index in [1.54, 1.807) is 29.4 Å². The van der Waals surface area contributed by atoms with Crippen LogP contribution in [0.1, 0.15) is 18.4 Å². The zero-order valence-electron chi connectivity index (χ0n) is 10.1. The summed E-state index contributed by atoms with van der Waals surface area (Å²) in [5.74, 6) is 0.382. The second-order valence-corrected chi connectivity index (χ2v) is 5.19. The highest BCUT2D eigenvalue weighted by atomic mass is 16.3. The number of aliphatic hydroxyl groups is 1. The average Bonchev–Trinajstić information content (AvgIpc) is 3.18. The zero-order valence-corrected chi connectivity index (χ0v) is 10.1. The molecule has 94 valence electrons. The second-order valence-electron chi connectivity index (χ2n) is 5.19. The van der Waals surface area contributed by atoms with E-state index in [9.17, 15) is 9.90 Å². The molecule has 2 aliphatic rings. The summed E-state index contributed by atoms with van der Waals surface area (Å²) in [5.41, 5.74) is 0.307. The van der Waals surface area contributed by atoms with E-state index in [1.165, 1.54) is 0 Å². The third-order valence-corrected chi connectivity index (χ3v) is 3.68. The Kier molecular flexibility index (Phi) is 2.67. The normalized spacial score (nSPS) is 21.9. The lowest BCUT2D eigenvalue weighted by Gasteiger charge is -2.46. The average molecular weight is 244 g/mol. The van der Waals surface area contributed by atoms with E-state index in [0.717, 1.165) is 18.4 Å². The first kappa shape index (κ1) is 11.4. The van der Waals surface area contributed by atoms with Gasteiger partial charge >= 0.3 is 0 Å². The SMILES string of the molecule is O=C(C=Cc1cccnc1)N1CC(O)(C2CC2)C1. The molecule has 1 aromatic rings. The van der Waals surface area contributed by atoms with Gasteiger partial charge in [0.15, 0.2) is 0 Å². The summed E-state index contributed by atoms with van der Waals surface area (Å²) in [4.78, 5) is 17.5. The highest BCUT2D eigenvalue weighted by Gasteiger charge is 2.52. The third-order valence-electron chi connectivity index (χ3n) is 3.68. The van der Waals surface area contributed by atoms with Crippen LogP contribution in [0.3, 0.4) is 0 Å². The van der Waals surface area contributed by atoms with Crippen LogP contribution in [0.15, 0.2) is 30.6 Å². The number of rotatable bonds is 3. The van der Waals surface area contributed by atoms with Crippen LogP contribution >= 0.6 is 0 Å². The quantitative estimate of drug-likeness (QED) is 0.809. The first-order valence-electron chi connectivity index (χ1n) is 6.27. The van der Waals surface area contributed by atoms with Gasteiger partial charge in [0.1, 0.15) is 5.60 Å². The van der Waals surface area contributed by atoms with E-state index >= 15 is 0 Å². The molecule has 1 aromatic heterocycles. The Morgan fingerprint density at radius 2 is 2.28 bits per heavy atom. The van der Waals surface area contributed by atoms with Gasteiger partial charge in [-0.15, -0.1) is 0 Å². The lowest BCUT2D eigenvalue weighted by atomic mass is 9.88. The number of hydrogen-bond donors (Lipinski definition) is 1. The van der Waals surface area contributed by atoms with Crippen LogP contribution in [0.5, 0.6) is 0 Å². The molecule has 3 rings (SSSR count). The van der Waals surface area contributed by atoms with Gasteiger partial charge in [-0.2, -0.15) is 0 Å². The minimum atomic E-state index is -0.599. The molecule has 2 fully saturated rings. The van der Waals surface area contributed by atoms with Crippen molar-refractivity contribution in [2.75, 3.05) is 13.1 Å². The van der Waals surface area contributed by atoms with Crippen molar-refractivity contribution in [1.82, 2.24) is 9.88 Å². The van der Waals surface area contributed by atoms with E-state index in [4.69, 9.17) is 0 Å². The fourth-order valence-corrected chi connectivity index (χ4v) is 2.40. The lowest BCUT2D eigenvalue weighted by molar-refractivity contribution is -0.154. The van der Waals surface area contributed by atoms with Gasteiger partial charge in [0.05, 0.1) is 13.1 Å². The molecule has 1 amide bonds. The number of nitrogens with zero attached hydrogens (tertiary/aromatic N) is 2. The van der Waals surface area contributed by atoms with E-state index in [2.05, 4.69) is 4.98 Å². The van der Waals surface area contributed by atoms with Crippen LogP contribution in [-0.2, 0) is 4.79 Å². The molecular weight excluding hydrogens is 228 g/mol. The summed E-state index contributed by atoms with van der Waals surface area (Å²) < 4.78 is 0. The summed E-state index contributed by atoms with van der Waals surface area (Å²) in [5, 5.41) is 10.1. The number of carbonyl (C=O) groups excluding carboxylic acids is 1. The maximum absolute atomic E-state index is 11.8. The number of β-amino-alcohol motifs (C(OH)–C–C–N with tert-alkyl or cyclic N) is 1. The topological polar surface area (TPSA) is 53.4 Å². The second kappa shape index (κ2) is 4.21. The van der Waals surface area contributed by atoms with Crippen LogP contribution in [0.25, 0.3) is 6.08 Å². The number of amides is 1. The van der Waals surface area contributed by atoms with Crippen molar-refractivity contribution in [3.05, 3.63) is 36.2 Å². The Hall–Kier alpha value is -1.68. The molecule has 4 heteroatoms. The predicted molar refractivity (Wildman–Crippen MR) is 67.5 cm³/mol.